The van der Waals surface area contributed by atoms with Gasteiger partial charge in [0.05, 0.1) is 13.2 Å². The van der Waals surface area contributed by atoms with Crippen molar-refractivity contribution >= 4 is 5.91 Å². The second-order valence-corrected chi connectivity index (χ2v) is 8.85. The molecule has 5 heteroatoms. The fraction of sp³-hybridized carbons (Fsp3) is 0.536. The van der Waals surface area contributed by atoms with Gasteiger partial charge in [0.2, 0.25) is 5.91 Å². The lowest BCUT2D eigenvalue weighted by Crippen LogP contribution is -2.42. The standard InChI is InChI=1S/C28H40N2O3/c1-2-3-4-5-9-12-28(31)30(18-17-29-19-21-32-22-20-29)23-25-13-15-27(16-14-25)33-24-26-10-7-6-8-11-26/h6-8,10-11,13-16H,2-5,9,12,17-24H2,1H3. The Morgan fingerprint density at radius 2 is 1.67 bits per heavy atom. The number of unbranched alkanes of at least 4 members (excludes halogenated alkanes) is 4. The average molecular weight is 453 g/mol. The first kappa shape index (κ1) is 25.3. The molecule has 1 fully saturated rings. The maximum Gasteiger partial charge on any atom is 0.222 e. The van der Waals surface area contributed by atoms with Crippen LogP contribution in [-0.4, -0.2) is 55.1 Å². The largest absolute Gasteiger partial charge is 0.489 e. The van der Waals surface area contributed by atoms with Gasteiger partial charge in [-0.05, 0) is 29.7 Å². The van der Waals surface area contributed by atoms with E-state index in [9.17, 15) is 4.79 Å². The van der Waals surface area contributed by atoms with Crippen LogP contribution in [0.4, 0.5) is 0 Å². The molecule has 1 heterocycles. The maximum absolute atomic E-state index is 13.0. The lowest BCUT2D eigenvalue weighted by molar-refractivity contribution is -0.132. The van der Waals surface area contributed by atoms with E-state index in [0.29, 0.717) is 19.6 Å². The minimum atomic E-state index is 0.268. The van der Waals surface area contributed by atoms with Crippen molar-refractivity contribution in [1.29, 1.82) is 0 Å². The van der Waals surface area contributed by atoms with Gasteiger partial charge >= 0.3 is 0 Å². The Bertz CT molecular complexity index is 789. The number of benzene rings is 2. The van der Waals surface area contributed by atoms with Crippen LogP contribution < -0.4 is 4.74 Å². The lowest BCUT2D eigenvalue weighted by atomic mass is 10.1. The van der Waals surface area contributed by atoms with Gasteiger partial charge in [-0.2, -0.15) is 0 Å². The second-order valence-electron chi connectivity index (χ2n) is 8.85. The van der Waals surface area contributed by atoms with E-state index < -0.39 is 0 Å². The topological polar surface area (TPSA) is 42.0 Å². The fourth-order valence-electron chi connectivity index (χ4n) is 4.07. The summed E-state index contributed by atoms with van der Waals surface area (Å²) in [4.78, 5) is 17.5. The minimum Gasteiger partial charge on any atom is -0.489 e. The third kappa shape index (κ3) is 9.56. The van der Waals surface area contributed by atoms with Gasteiger partial charge in [-0.1, -0.05) is 75.1 Å². The molecule has 0 atom stereocenters. The molecule has 0 radical (unpaired) electrons. The van der Waals surface area contributed by atoms with Crippen LogP contribution in [0.15, 0.2) is 54.6 Å². The third-order valence-electron chi connectivity index (χ3n) is 6.18. The van der Waals surface area contributed by atoms with Crippen molar-refractivity contribution in [2.45, 2.75) is 58.6 Å². The van der Waals surface area contributed by atoms with Gasteiger partial charge in [-0.15, -0.1) is 0 Å². The number of rotatable bonds is 14. The number of nitrogens with zero attached hydrogens (tertiary/aromatic N) is 2. The summed E-state index contributed by atoms with van der Waals surface area (Å²) in [6.45, 7) is 8.57. The molecular weight excluding hydrogens is 412 g/mol. The molecule has 1 saturated heterocycles. The Balaban J connectivity index is 1.52. The quantitative estimate of drug-likeness (QED) is 0.366. The summed E-state index contributed by atoms with van der Waals surface area (Å²) in [5, 5.41) is 0. The van der Waals surface area contributed by atoms with Crippen LogP contribution in [-0.2, 0) is 22.7 Å². The molecule has 2 aromatic rings. The lowest BCUT2D eigenvalue weighted by Gasteiger charge is -2.30. The van der Waals surface area contributed by atoms with Crippen LogP contribution >= 0.6 is 0 Å². The molecule has 1 aliphatic rings. The summed E-state index contributed by atoms with van der Waals surface area (Å²) in [5.41, 5.74) is 2.30. The first-order chi connectivity index (χ1) is 16.2. The van der Waals surface area contributed by atoms with Crippen molar-refractivity contribution in [3.8, 4) is 5.75 Å². The molecule has 0 saturated carbocycles. The molecule has 0 spiro atoms. The highest BCUT2D eigenvalue weighted by Crippen LogP contribution is 2.17. The summed E-state index contributed by atoms with van der Waals surface area (Å²) in [5.74, 6) is 1.12. The zero-order valence-corrected chi connectivity index (χ0v) is 20.2. The van der Waals surface area contributed by atoms with Gasteiger partial charge in [0.1, 0.15) is 12.4 Å². The van der Waals surface area contributed by atoms with E-state index >= 15 is 0 Å². The number of hydrogen-bond donors (Lipinski definition) is 0. The molecule has 0 bridgehead atoms. The van der Waals surface area contributed by atoms with Gasteiger partial charge in [-0.3, -0.25) is 9.69 Å². The van der Waals surface area contributed by atoms with Crippen LogP contribution in [0.1, 0.15) is 56.6 Å². The summed E-state index contributed by atoms with van der Waals surface area (Å²) in [6.07, 6.45) is 6.48. The zero-order chi connectivity index (χ0) is 23.1. The van der Waals surface area contributed by atoms with E-state index in [4.69, 9.17) is 9.47 Å². The molecule has 0 unspecified atom stereocenters. The van der Waals surface area contributed by atoms with Crippen LogP contribution in [0.3, 0.4) is 0 Å². The molecule has 1 aliphatic heterocycles. The molecule has 0 aromatic heterocycles. The van der Waals surface area contributed by atoms with Gasteiger partial charge < -0.3 is 14.4 Å². The Hall–Kier alpha value is -2.37. The summed E-state index contributed by atoms with van der Waals surface area (Å²) >= 11 is 0. The number of hydrogen-bond acceptors (Lipinski definition) is 4. The predicted molar refractivity (Wildman–Crippen MR) is 133 cm³/mol. The molecule has 1 amide bonds. The van der Waals surface area contributed by atoms with E-state index in [1.165, 1.54) is 19.3 Å². The van der Waals surface area contributed by atoms with E-state index in [-0.39, 0.29) is 5.91 Å². The van der Waals surface area contributed by atoms with Crippen molar-refractivity contribution in [3.05, 3.63) is 65.7 Å². The molecule has 0 aliphatic carbocycles. The Kier molecular flexibility index (Phi) is 11.3. The van der Waals surface area contributed by atoms with Crippen molar-refractivity contribution < 1.29 is 14.3 Å². The van der Waals surface area contributed by atoms with Gasteiger partial charge in [-0.25, -0.2) is 0 Å². The van der Waals surface area contributed by atoms with Gasteiger partial charge in [0.15, 0.2) is 0 Å². The first-order valence-corrected chi connectivity index (χ1v) is 12.6. The Morgan fingerprint density at radius 1 is 0.939 bits per heavy atom. The highest BCUT2D eigenvalue weighted by Gasteiger charge is 2.17. The van der Waals surface area contributed by atoms with Crippen molar-refractivity contribution in [2.75, 3.05) is 39.4 Å². The number of amides is 1. The minimum absolute atomic E-state index is 0.268. The van der Waals surface area contributed by atoms with Crippen LogP contribution in [0.2, 0.25) is 0 Å². The summed E-state index contributed by atoms with van der Waals surface area (Å²) in [6, 6.07) is 18.4. The molecule has 0 N–H and O–H groups in total. The maximum atomic E-state index is 13.0. The molecular formula is C28H40N2O3. The number of ether oxygens (including phenoxy) is 2. The SMILES string of the molecule is CCCCCCCC(=O)N(CCN1CCOCC1)Cc1ccc(OCc2ccccc2)cc1. The number of carbonyl (C=O) groups is 1. The van der Waals surface area contributed by atoms with Crippen LogP contribution in [0, 0.1) is 0 Å². The first-order valence-electron chi connectivity index (χ1n) is 12.6. The molecule has 33 heavy (non-hydrogen) atoms. The van der Waals surface area contributed by atoms with Crippen molar-refractivity contribution in [3.63, 3.8) is 0 Å². The smallest absolute Gasteiger partial charge is 0.222 e. The van der Waals surface area contributed by atoms with Crippen LogP contribution in [0.5, 0.6) is 5.75 Å². The fourth-order valence-corrected chi connectivity index (χ4v) is 4.07. The summed E-state index contributed by atoms with van der Waals surface area (Å²) in [7, 11) is 0. The predicted octanol–water partition coefficient (Wildman–Crippen LogP) is 5.29. The van der Waals surface area contributed by atoms with E-state index in [1.807, 2.05) is 35.2 Å². The highest BCUT2D eigenvalue weighted by molar-refractivity contribution is 5.76. The molecule has 2 aromatic carbocycles. The van der Waals surface area contributed by atoms with Crippen LogP contribution in [0.25, 0.3) is 0 Å². The Morgan fingerprint density at radius 3 is 2.39 bits per heavy atom. The summed E-state index contributed by atoms with van der Waals surface area (Å²) < 4.78 is 11.4. The van der Waals surface area contributed by atoms with Gasteiger partial charge in [0, 0.05) is 39.1 Å². The van der Waals surface area contributed by atoms with E-state index in [1.54, 1.807) is 0 Å². The zero-order valence-electron chi connectivity index (χ0n) is 20.2. The van der Waals surface area contributed by atoms with Gasteiger partial charge in [0.25, 0.3) is 0 Å². The molecule has 5 nitrogen and oxygen atoms in total. The second kappa shape index (κ2) is 14.7. The monoisotopic (exact) mass is 452 g/mol. The number of morpholine rings is 1. The third-order valence-corrected chi connectivity index (χ3v) is 6.18. The molecule has 3 rings (SSSR count). The van der Waals surface area contributed by atoms with E-state index in [2.05, 4.69) is 36.1 Å². The van der Waals surface area contributed by atoms with Crippen molar-refractivity contribution in [2.24, 2.45) is 0 Å². The highest BCUT2D eigenvalue weighted by atomic mass is 16.5. The average Bonchev–Trinajstić information content (AvgIpc) is 2.87. The Labute approximate surface area is 199 Å². The number of carbonyl (C=O) groups excluding carboxylic acids is 1. The van der Waals surface area contributed by atoms with E-state index in [0.717, 1.165) is 69.1 Å². The molecule has 180 valence electrons. The van der Waals surface area contributed by atoms with Crippen molar-refractivity contribution in [1.82, 2.24) is 9.80 Å². The normalized spacial score (nSPS) is 14.2.